The monoisotopic (exact) mass is 344 g/mol. The van der Waals surface area contributed by atoms with Crippen LogP contribution >= 0.6 is 0 Å². The molecule has 0 aliphatic carbocycles. The molecule has 138 valence electrons. The lowest BCUT2D eigenvalue weighted by Gasteiger charge is -2.37. The first-order chi connectivity index (χ1) is 12.3. The van der Waals surface area contributed by atoms with E-state index in [1.807, 2.05) is 7.05 Å². The van der Waals surface area contributed by atoms with Crippen molar-refractivity contribution >= 4 is 11.6 Å². The minimum atomic E-state index is 0.339. The molecule has 1 atom stereocenters. The fourth-order valence-electron chi connectivity index (χ4n) is 4.03. The molecule has 1 aromatic rings. The Hall–Kier alpha value is -1.59. The van der Waals surface area contributed by atoms with E-state index < -0.39 is 0 Å². The number of likely N-dealkylation sites (tertiary alicyclic amines) is 1. The van der Waals surface area contributed by atoms with Crippen molar-refractivity contribution in [1.82, 2.24) is 15.1 Å². The van der Waals surface area contributed by atoms with Crippen LogP contribution in [0.2, 0.25) is 0 Å². The van der Waals surface area contributed by atoms with Crippen LogP contribution in [0.5, 0.6) is 0 Å². The predicted molar refractivity (Wildman–Crippen MR) is 103 cm³/mol. The molecule has 25 heavy (non-hydrogen) atoms. The molecule has 2 aliphatic rings. The highest BCUT2D eigenvalue weighted by Gasteiger charge is 2.24. The third kappa shape index (κ3) is 5.19. The van der Waals surface area contributed by atoms with Gasteiger partial charge in [0.15, 0.2) is 0 Å². The quantitative estimate of drug-likeness (QED) is 0.852. The van der Waals surface area contributed by atoms with Crippen molar-refractivity contribution in [1.29, 1.82) is 0 Å². The number of piperidine rings is 1. The first-order valence-corrected chi connectivity index (χ1v) is 9.71. The molecule has 5 nitrogen and oxygen atoms in total. The number of carbonyl (C=O) groups excluding carboxylic acids is 1. The molecule has 0 radical (unpaired) electrons. The summed E-state index contributed by atoms with van der Waals surface area (Å²) in [6, 6.07) is 10.6. The fourth-order valence-corrected chi connectivity index (χ4v) is 4.03. The van der Waals surface area contributed by atoms with E-state index in [0.29, 0.717) is 18.2 Å². The van der Waals surface area contributed by atoms with Crippen molar-refractivity contribution in [2.75, 3.05) is 64.3 Å². The number of hydrogen-bond acceptors (Lipinski definition) is 4. The molecule has 0 bridgehead atoms. The molecule has 0 aromatic heterocycles. The number of amides is 1. The van der Waals surface area contributed by atoms with Crippen LogP contribution in [0, 0.1) is 5.92 Å². The number of para-hydroxylation sites is 1. The van der Waals surface area contributed by atoms with Gasteiger partial charge in [-0.1, -0.05) is 18.2 Å². The van der Waals surface area contributed by atoms with Crippen molar-refractivity contribution in [3.63, 3.8) is 0 Å². The molecule has 2 saturated heterocycles. The molecule has 1 amide bonds. The summed E-state index contributed by atoms with van der Waals surface area (Å²) in [6.07, 6.45) is 3.05. The second kappa shape index (κ2) is 9.20. The molecule has 3 rings (SSSR count). The molecule has 2 aliphatic heterocycles. The number of benzene rings is 1. The van der Waals surface area contributed by atoms with Gasteiger partial charge in [0.1, 0.15) is 0 Å². The van der Waals surface area contributed by atoms with E-state index in [4.69, 9.17) is 0 Å². The maximum Gasteiger partial charge on any atom is 0.223 e. The van der Waals surface area contributed by atoms with Gasteiger partial charge in [-0.3, -0.25) is 9.69 Å². The smallest absolute Gasteiger partial charge is 0.223 e. The Kier molecular flexibility index (Phi) is 6.70. The summed E-state index contributed by atoms with van der Waals surface area (Å²) in [6.45, 7) is 7.98. The largest absolute Gasteiger partial charge is 0.369 e. The van der Waals surface area contributed by atoms with Crippen molar-refractivity contribution in [3.05, 3.63) is 30.3 Å². The number of rotatable bonds is 6. The van der Waals surface area contributed by atoms with Gasteiger partial charge in [0.25, 0.3) is 0 Å². The predicted octanol–water partition coefficient (Wildman–Crippen LogP) is 1.66. The van der Waals surface area contributed by atoms with E-state index in [2.05, 4.69) is 50.3 Å². The zero-order chi connectivity index (χ0) is 17.5. The van der Waals surface area contributed by atoms with Crippen LogP contribution in [0.4, 0.5) is 5.69 Å². The Bertz CT molecular complexity index is 526. The van der Waals surface area contributed by atoms with Crippen molar-refractivity contribution in [2.24, 2.45) is 5.92 Å². The second-order valence-corrected chi connectivity index (χ2v) is 7.32. The zero-order valence-corrected chi connectivity index (χ0v) is 15.5. The molecule has 0 saturated carbocycles. The molecule has 0 spiro atoms. The minimum Gasteiger partial charge on any atom is -0.369 e. The van der Waals surface area contributed by atoms with Crippen molar-refractivity contribution in [2.45, 2.75) is 19.3 Å². The highest BCUT2D eigenvalue weighted by Crippen LogP contribution is 2.18. The van der Waals surface area contributed by atoms with Gasteiger partial charge in [0, 0.05) is 57.9 Å². The lowest BCUT2D eigenvalue weighted by Crippen LogP contribution is -2.48. The number of hydrogen-bond donors (Lipinski definition) is 1. The zero-order valence-electron chi connectivity index (χ0n) is 15.5. The summed E-state index contributed by atoms with van der Waals surface area (Å²) in [4.78, 5) is 19.5. The molecular weight excluding hydrogens is 312 g/mol. The number of nitrogens with one attached hydrogen (secondary N) is 1. The first kappa shape index (κ1) is 18.2. The molecule has 5 heteroatoms. The van der Waals surface area contributed by atoms with Gasteiger partial charge < -0.3 is 15.1 Å². The van der Waals surface area contributed by atoms with Crippen LogP contribution < -0.4 is 10.2 Å². The standard InChI is InChI=1S/C20H32N4O/c1-21-16-18-6-5-10-24(17-18)20(25)9-11-22-12-14-23(15-13-22)19-7-3-2-4-8-19/h2-4,7-8,18,21H,5-6,9-17H2,1H3. The van der Waals surface area contributed by atoms with Crippen molar-refractivity contribution < 1.29 is 4.79 Å². The van der Waals surface area contributed by atoms with Gasteiger partial charge in [0.05, 0.1) is 0 Å². The number of carbonyl (C=O) groups is 1. The first-order valence-electron chi connectivity index (χ1n) is 9.71. The number of nitrogens with zero attached hydrogens (tertiary/aromatic N) is 3. The normalized spacial score (nSPS) is 22.2. The summed E-state index contributed by atoms with van der Waals surface area (Å²) >= 11 is 0. The topological polar surface area (TPSA) is 38.8 Å². The summed E-state index contributed by atoms with van der Waals surface area (Å²) in [5.41, 5.74) is 1.31. The summed E-state index contributed by atoms with van der Waals surface area (Å²) in [5, 5.41) is 3.25. The van der Waals surface area contributed by atoms with Gasteiger partial charge >= 0.3 is 0 Å². The second-order valence-electron chi connectivity index (χ2n) is 7.32. The Labute approximate surface area is 152 Å². The Morgan fingerprint density at radius 1 is 1.12 bits per heavy atom. The SMILES string of the molecule is CNCC1CCCN(C(=O)CCN2CCN(c3ccccc3)CC2)C1. The van der Waals surface area contributed by atoms with Gasteiger partial charge in [-0.05, 0) is 44.5 Å². The van der Waals surface area contributed by atoms with E-state index in [1.165, 1.54) is 12.1 Å². The molecule has 2 fully saturated rings. The van der Waals surface area contributed by atoms with E-state index in [-0.39, 0.29) is 0 Å². The molecular formula is C20H32N4O. The average Bonchev–Trinajstić information content (AvgIpc) is 2.68. The maximum atomic E-state index is 12.5. The van der Waals surface area contributed by atoms with Gasteiger partial charge in [-0.25, -0.2) is 0 Å². The third-order valence-corrected chi connectivity index (χ3v) is 5.50. The highest BCUT2D eigenvalue weighted by molar-refractivity contribution is 5.76. The van der Waals surface area contributed by atoms with Crippen LogP contribution in [-0.4, -0.2) is 75.1 Å². The van der Waals surface area contributed by atoms with E-state index in [9.17, 15) is 4.79 Å². The van der Waals surface area contributed by atoms with E-state index in [1.54, 1.807) is 0 Å². The van der Waals surface area contributed by atoms with Crippen LogP contribution in [0.15, 0.2) is 30.3 Å². The number of piperazine rings is 1. The van der Waals surface area contributed by atoms with Crippen LogP contribution in [0.1, 0.15) is 19.3 Å². The van der Waals surface area contributed by atoms with Gasteiger partial charge in [0.2, 0.25) is 5.91 Å². The van der Waals surface area contributed by atoms with Crippen molar-refractivity contribution in [3.8, 4) is 0 Å². The molecule has 1 unspecified atom stereocenters. The van der Waals surface area contributed by atoms with E-state index >= 15 is 0 Å². The maximum absolute atomic E-state index is 12.5. The van der Waals surface area contributed by atoms with Crippen LogP contribution in [0.3, 0.4) is 0 Å². The highest BCUT2D eigenvalue weighted by atomic mass is 16.2. The summed E-state index contributed by atoms with van der Waals surface area (Å²) < 4.78 is 0. The Balaban J connectivity index is 1.38. The van der Waals surface area contributed by atoms with E-state index in [0.717, 1.165) is 58.8 Å². The lowest BCUT2D eigenvalue weighted by atomic mass is 9.98. The molecule has 1 N–H and O–H groups in total. The number of anilines is 1. The summed E-state index contributed by atoms with van der Waals surface area (Å²) in [5.74, 6) is 0.961. The van der Waals surface area contributed by atoms with Crippen LogP contribution in [-0.2, 0) is 4.79 Å². The third-order valence-electron chi connectivity index (χ3n) is 5.50. The minimum absolute atomic E-state index is 0.339. The molecule has 1 aromatic carbocycles. The molecule has 2 heterocycles. The van der Waals surface area contributed by atoms with Gasteiger partial charge in [-0.15, -0.1) is 0 Å². The Morgan fingerprint density at radius 2 is 1.88 bits per heavy atom. The Morgan fingerprint density at radius 3 is 2.60 bits per heavy atom. The lowest BCUT2D eigenvalue weighted by molar-refractivity contribution is -0.133. The average molecular weight is 345 g/mol. The fraction of sp³-hybridized carbons (Fsp3) is 0.650. The van der Waals surface area contributed by atoms with Gasteiger partial charge in [-0.2, -0.15) is 0 Å². The van der Waals surface area contributed by atoms with Crippen LogP contribution in [0.25, 0.3) is 0 Å². The summed E-state index contributed by atoms with van der Waals surface area (Å²) in [7, 11) is 2.00.